The van der Waals surface area contributed by atoms with Crippen molar-refractivity contribution in [3.05, 3.63) is 76.8 Å². The molecule has 3 nitrogen and oxygen atoms in total. The lowest BCUT2D eigenvalue weighted by Crippen LogP contribution is -2.17. The molecule has 0 aliphatic carbocycles. The van der Waals surface area contributed by atoms with Crippen LogP contribution in [-0.2, 0) is 0 Å². The van der Waals surface area contributed by atoms with E-state index in [-0.39, 0.29) is 5.91 Å². The lowest BCUT2D eigenvalue weighted by molar-refractivity contribution is 0.0955. The van der Waals surface area contributed by atoms with Gasteiger partial charge in [0.05, 0.1) is 0 Å². The highest BCUT2D eigenvalue weighted by molar-refractivity contribution is 6.30. The van der Waals surface area contributed by atoms with Gasteiger partial charge in [-0.05, 0) is 29.8 Å². The van der Waals surface area contributed by atoms with Crippen molar-refractivity contribution in [3.8, 4) is 0 Å². The van der Waals surface area contributed by atoms with Gasteiger partial charge in [0.2, 0.25) is 0 Å². The number of nitrogens with zero attached hydrogens (tertiary/aromatic N) is 1. The van der Waals surface area contributed by atoms with E-state index >= 15 is 0 Å². The maximum atomic E-state index is 11.7. The molecule has 0 saturated carbocycles. The number of hydrogen-bond donors (Lipinski definition) is 1. The van der Waals surface area contributed by atoms with E-state index in [1.54, 1.807) is 30.3 Å². The second kappa shape index (κ2) is 7.26. The SMILES string of the molecule is O=C(N/N=C\C=C\c1ccccc1)c1cccc(Cl)c1. The van der Waals surface area contributed by atoms with Crippen LogP contribution in [0.3, 0.4) is 0 Å². The molecule has 0 fully saturated rings. The summed E-state index contributed by atoms with van der Waals surface area (Å²) in [7, 11) is 0. The maximum Gasteiger partial charge on any atom is 0.271 e. The molecule has 0 heterocycles. The number of carbonyl (C=O) groups excluding carboxylic acids is 1. The van der Waals surface area contributed by atoms with Crippen LogP contribution in [0.2, 0.25) is 5.02 Å². The first-order valence-electron chi connectivity index (χ1n) is 6.06. The van der Waals surface area contributed by atoms with Crippen molar-refractivity contribution in [2.24, 2.45) is 5.10 Å². The van der Waals surface area contributed by atoms with Gasteiger partial charge in [-0.2, -0.15) is 5.10 Å². The van der Waals surface area contributed by atoms with Gasteiger partial charge in [-0.3, -0.25) is 4.79 Å². The summed E-state index contributed by atoms with van der Waals surface area (Å²) in [5.74, 6) is -0.295. The van der Waals surface area contributed by atoms with E-state index in [9.17, 15) is 4.79 Å². The standard InChI is InChI=1S/C16H13ClN2O/c17-15-10-4-9-14(12-15)16(20)19-18-11-5-8-13-6-2-1-3-7-13/h1-12H,(H,19,20)/b8-5+,18-11-. The van der Waals surface area contributed by atoms with E-state index < -0.39 is 0 Å². The smallest absolute Gasteiger partial charge is 0.267 e. The van der Waals surface area contributed by atoms with E-state index in [0.717, 1.165) is 5.56 Å². The molecule has 1 amide bonds. The first-order chi connectivity index (χ1) is 9.75. The molecule has 0 aliphatic heterocycles. The fourth-order valence-corrected chi connectivity index (χ4v) is 1.74. The van der Waals surface area contributed by atoms with E-state index in [0.29, 0.717) is 10.6 Å². The quantitative estimate of drug-likeness (QED) is 0.674. The van der Waals surface area contributed by atoms with Crippen LogP contribution in [0.15, 0.2) is 65.8 Å². The summed E-state index contributed by atoms with van der Waals surface area (Å²) in [6.45, 7) is 0. The van der Waals surface area contributed by atoms with Crippen LogP contribution in [0.5, 0.6) is 0 Å². The fourth-order valence-electron chi connectivity index (χ4n) is 1.55. The topological polar surface area (TPSA) is 41.5 Å². The van der Waals surface area contributed by atoms with Crippen LogP contribution in [0.4, 0.5) is 0 Å². The van der Waals surface area contributed by atoms with Gasteiger partial charge >= 0.3 is 0 Å². The van der Waals surface area contributed by atoms with Gasteiger partial charge in [0, 0.05) is 16.8 Å². The summed E-state index contributed by atoms with van der Waals surface area (Å²) in [4.78, 5) is 11.7. The van der Waals surface area contributed by atoms with Crippen LogP contribution >= 0.6 is 11.6 Å². The van der Waals surface area contributed by atoms with Crippen molar-refractivity contribution in [1.82, 2.24) is 5.43 Å². The lowest BCUT2D eigenvalue weighted by Gasteiger charge is -1.99. The number of carbonyl (C=O) groups is 1. The molecule has 0 unspecified atom stereocenters. The molecule has 2 aromatic carbocycles. The molecular formula is C16H13ClN2O. The van der Waals surface area contributed by atoms with E-state index in [1.165, 1.54) is 6.21 Å². The highest BCUT2D eigenvalue weighted by Gasteiger charge is 2.03. The number of rotatable bonds is 4. The minimum atomic E-state index is -0.295. The molecular weight excluding hydrogens is 272 g/mol. The average molecular weight is 285 g/mol. The van der Waals surface area contributed by atoms with Gasteiger partial charge in [-0.15, -0.1) is 0 Å². The van der Waals surface area contributed by atoms with Crippen LogP contribution < -0.4 is 5.43 Å². The predicted molar refractivity (Wildman–Crippen MR) is 82.9 cm³/mol. The monoisotopic (exact) mass is 284 g/mol. The van der Waals surface area contributed by atoms with Crippen molar-refractivity contribution < 1.29 is 4.79 Å². The summed E-state index contributed by atoms with van der Waals surface area (Å²) in [6, 6.07) is 16.5. The van der Waals surface area contributed by atoms with Gasteiger partial charge < -0.3 is 0 Å². The van der Waals surface area contributed by atoms with Gasteiger partial charge in [0.15, 0.2) is 0 Å². The third-order valence-corrected chi connectivity index (χ3v) is 2.74. The van der Waals surface area contributed by atoms with Crippen molar-refractivity contribution in [2.45, 2.75) is 0 Å². The number of benzene rings is 2. The summed E-state index contributed by atoms with van der Waals surface area (Å²) < 4.78 is 0. The average Bonchev–Trinajstić information content (AvgIpc) is 2.48. The second-order valence-corrected chi connectivity index (χ2v) is 4.44. The lowest BCUT2D eigenvalue weighted by atomic mass is 10.2. The second-order valence-electron chi connectivity index (χ2n) is 4.00. The highest BCUT2D eigenvalue weighted by atomic mass is 35.5. The first-order valence-corrected chi connectivity index (χ1v) is 6.44. The van der Waals surface area contributed by atoms with Crippen LogP contribution in [0, 0.1) is 0 Å². The molecule has 0 aliphatic rings. The largest absolute Gasteiger partial charge is 0.271 e. The maximum absolute atomic E-state index is 11.7. The van der Waals surface area contributed by atoms with E-state index in [4.69, 9.17) is 11.6 Å². The minimum absolute atomic E-state index is 0.295. The molecule has 0 spiro atoms. The summed E-state index contributed by atoms with van der Waals surface area (Å²) >= 11 is 5.81. The van der Waals surface area contributed by atoms with Gasteiger partial charge in [0.1, 0.15) is 0 Å². The van der Waals surface area contributed by atoms with Gasteiger partial charge in [-0.1, -0.05) is 54.1 Å². The zero-order chi connectivity index (χ0) is 14.2. The van der Waals surface area contributed by atoms with Gasteiger partial charge in [-0.25, -0.2) is 5.43 Å². The predicted octanol–water partition coefficient (Wildman–Crippen LogP) is 3.77. The molecule has 0 aromatic heterocycles. The Morgan fingerprint density at radius 3 is 2.65 bits per heavy atom. The Morgan fingerprint density at radius 2 is 1.90 bits per heavy atom. The van der Waals surface area contributed by atoms with Crippen LogP contribution in [0.25, 0.3) is 6.08 Å². The fraction of sp³-hybridized carbons (Fsp3) is 0. The van der Waals surface area contributed by atoms with E-state index in [2.05, 4.69) is 10.5 Å². The Kier molecular flexibility index (Phi) is 5.09. The third-order valence-electron chi connectivity index (χ3n) is 2.50. The zero-order valence-electron chi connectivity index (χ0n) is 10.7. The number of halogens is 1. The Balaban J connectivity index is 1.87. The molecule has 0 bridgehead atoms. The number of amides is 1. The molecule has 0 saturated heterocycles. The van der Waals surface area contributed by atoms with E-state index in [1.807, 2.05) is 36.4 Å². The van der Waals surface area contributed by atoms with Crippen LogP contribution in [0.1, 0.15) is 15.9 Å². The molecule has 2 aromatic rings. The summed E-state index contributed by atoms with van der Waals surface area (Å²) in [5, 5.41) is 4.36. The third kappa shape index (κ3) is 4.37. The molecule has 100 valence electrons. The summed E-state index contributed by atoms with van der Waals surface area (Å²) in [5.41, 5.74) is 3.98. The molecule has 2 rings (SSSR count). The van der Waals surface area contributed by atoms with Crippen molar-refractivity contribution in [3.63, 3.8) is 0 Å². The Hall–Kier alpha value is -2.39. The molecule has 1 N–H and O–H groups in total. The molecule has 0 radical (unpaired) electrons. The zero-order valence-corrected chi connectivity index (χ0v) is 11.4. The van der Waals surface area contributed by atoms with Crippen molar-refractivity contribution in [2.75, 3.05) is 0 Å². The minimum Gasteiger partial charge on any atom is -0.267 e. The normalized spacial score (nSPS) is 11.1. The van der Waals surface area contributed by atoms with Gasteiger partial charge in [0.25, 0.3) is 5.91 Å². The molecule has 4 heteroatoms. The highest BCUT2D eigenvalue weighted by Crippen LogP contribution is 2.10. The Morgan fingerprint density at radius 1 is 1.10 bits per heavy atom. The Labute approximate surface area is 122 Å². The number of hydrazone groups is 1. The number of allylic oxidation sites excluding steroid dienone is 1. The first kappa shape index (κ1) is 14.0. The summed E-state index contributed by atoms with van der Waals surface area (Å²) in [6.07, 6.45) is 5.18. The Bertz CT molecular complexity index is 636. The number of nitrogens with one attached hydrogen (secondary N) is 1. The van der Waals surface area contributed by atoms with Crippen molar-refractivity contribution in [1.29, 1.82) is 0 Å². The van der Waals surface area contributed by atoms with Crippen molar-refractivity contribution >= 4 is 29.8 Å². The number of hydrogen-bond acceptors (Lipinski definition) is 2. The van der Waals surface area contributed by atoms with Crippen LogP contribution in [-0.4, -0.2) is 12.1 Å². The molecule has 0 atom stereocenters. The molecule has 20 heavy (non-hydrogen) atoms.